The lowest BCUT2D eigenvalue weighted by atomic mass is 9.98. The van der Waals surface area contributed by atoms with Crippen LogP contribution in [0.15, 0.2) is 46.2 Å². The Hall–Kier alpha value is -0.823. The van der Waals surface area contributed by atoms with Gasteiger partial charge in [0.2, 0.25) is 0 Å². The minimum atomic E-state index is -0.651. The second-order valence-electron chi connectivity index (χ2n) is 4.63. The van der Waals surface area contributed by atoms with E-state index in [0.717, 1.165) is 6.42 Å². The Morgan fingerprint density at radius 3 is 2.73 bits per heavy atom. The van der Waals surface area contributed by atoms with Gasteiger partial charge in [0.05, 0.1) is 8.80 Å². The summed E-state index contributed by atoms with van der Waals surface area (Å²) in [6.07, 6.45) is 13.0. The topological polar surface area (TPSA) is 0 Å². The minimum Gasteiger partial charge on any atom is -0.0802 e. The highest BCUT2D eigenvalue weighted by atomic mass is 28.3. The van der Waals surface area contributed by atoms with Crippen LogP contribution >= 0.6 is 0 Å². The lowest BCUT2D eigenvalue weighted by Gasteiger charge is -2.13. The summed E-state index contributed by atoms with van der Waals surface area (Å²) < 4.78 is 0. The van der Waals surface area contributed by atoms with E-state index in [-0.39, 0.29) is 0 Å². The largest absolute Gasteiger partial charge is 0.0802 e. The fourth-order valence-corrected chi connectivity index (χ4v) is 4.03. The summed E-state index contributed by atoms with van der Waals surface area (Å²) in [5, 5.41) is 1.68. The fourth-order valence-electron chi connectivity index (χ4n) is 2.54. The van der Waals surface area contributed by atoms with Gasteiger partial charge in [-0.1, -0.05) is 49.5 Å². The smallest absolute Gasteiger partial charge is 0.0651 e. The van der Waals surface area contributed by atoms with Gasteiger partial charge in [-0.05, 0) is 36.0 Å². The quantitative estimate of drug-likeness (QED) is 0.627. The Bertz CT molecular complexity index is 378. The molecule has 15 heavy (non-hydrogen) atoms. The third kappa shape index (κ3) is 1.93. The third-order valence-corrected chi connectivity index (χ3v) is 5.11. The number of rotatable bonds is 3. The molecule has 0 aromatic heterocycles. The van der Waals surface area contributed by atoms with Crippen molar-refractivity contribution < 1.29 is 0 Å². The van der Waals surface area contributed by atoms with Gasteiger partial charge in [-0.15, -0.1) is 0 Å². The first kappa shape index (κ1) is 10.7. The Morgan fingerprint density at radius 1 is 1.27 bits per heavy atom. The molecule has 0 N–H and O–H groups in total. The second-order valence-corrected chi connectivity index (χ2v) is 7.56. The third-order valence-electron chi connectivity index (χ3n) is 3.33. The highest BCUT2D eigenvalue weighted by molar-refractivity contribution is 6.65. The van der Waals surface area contributed by atoms with E-state index in [1.807, 2.05) is 0 Å². The molecule has 0 amide bonds. The Balaban J connectivity index is 2.33. The molecule has 0 aromatic rings. The van der Waals surface area contributed by atoms with Crippen molar-refractivity contribution in [2.75, 3.05) is 0 Å². The van der Waals surface area contributed by atoms with E-state index in [2.05, 4.69) is 44.3 Å². The lowest BCUT2D eigenvalue weighted by Crippen LogP contribution is -2.06. The van der Waals surface area contributed by atoms with Crippen molar-refractivity contribution in [1.82, 2.24) is 0 Å². The van der Waals surface area contributed by atoms with Gasteiger partial charge in [0.1, 0.15) is 0 Å². The van der Waals surface area contributed by atoms with Gasteiger partial charge in [-0.3, -0.25) is 0 Å². The average molecular weight is 216 g/mol. The van der Waals surface area contributed by atoms with Crippen molar-refractivity contribution in [3.8, 4) is 0 Å². The molecule has 0 aliphatic heterocycles. The van der Waals surface area contributed by atoms with Crippen molar-refractivity contribution in [3.63, 3.8) is 0 Å². The van der Waals surface area contributed by atoms with Crippen molar-refractivity contribution >= 4 is 8.80 Å². The van der Waals surface area contributed by atoms with Gasteiger partial charge in [-0.2, -0.15) is 0 Å². The summed E-state index contributed by atoms with van der Waals surface area (Å²) in [5.41, 5.74) is 4.78. The van der Waals surface area contributed by atoms with Crippen LogP contribution in [0.3, 0.4) is 0 Å². The first-order valence-corrected chi connectivity index (χ1v) is 8.92. The maximum Gasteiger partial charge on any atom is 0.0651 e. The van der Waals surface area contributed by atoms with Gasteiger partial charge in [-0.25, -0.2) is 0 Å². The molecule has 2 aliphatic carbocycles. The van der Waals surface area contributed by atoms with Crippen LogP contribution in [-0.4, -0.2) is 8.80 Å². The summed E-state index contributed by atoms with van der Waals surface area (Å²) in [5.74, 6) is 0. The van der Waals surface area contributed by atoms with Gasteiger partial charge >= 0.3 is 0 Å². The molecule has 0 unspecified atom stereocenters. The number of allylic oxidation sites excluding steroid dienone is 8. The molecular formula is C14H20Si. The molecule has 2 aliphatic rings. The normalized spacial score (nSPS) is 20.3. The van der Waals surface area contributed by atoms with Gasteiger partial charge < -0.3 is 0 Å². The van der Waals surface area contributed by atoms with Crippen LogP contribution in [0.5, 0.6) is 0 Å². The summed E-state index contributed by atoms with van der Waals surface area (Å²) in [7, 11) is -0.651. The highest BCUT2D eigenvalue weighted by Gasteiger charge is 2.19. The van der Waals surface area contributed by atoms with Crippen molar-refractivity contribution in [3.05, 3.63) is 46.2 Å². The van der Waals surface area contributed by atoms with E-state index in [9.17, 15) is 0 Å². The molecule has 0 saturated carbocycles. The molecule has 0 atom stereocenters. The fraction of sp³-hybridized carbons (Fsp3) is 0.429. The molecule has 80 valence electrons. The van der Waals surface area contributed by atoms with Crippen LogP contribution in [0.1, 0.15) is 26.2 Å². The molecule has 0 bridgehead atoms. The van der Waals surface area contributed by atoms with Gasteiger partial charge in [0.15, 0.2) is 0 Å². The predicted octanol–water partition coefficient (Wildman–Crippen LogP) is 3.94. The minimum absolute atomic E-state index is 0.651. The molecule has 0 heterocycles. The van der Waals surface area contributed by atoms with E-state index in [0.29, 0.717) is 0 Å². The van der Waals surface area contributed by atoms with Crippen LogP contribution in [0, 0.1) is 0 Å². The molecule has 0 fully saturated rings. The van der Waals surface area contributed by atoms with Crippen molar-refractivity contribution in [2.45, 2.75) is 39.3 Å². The lowest BCUT2D eigenvalue weighted by molar-refractivity contribution is 1.10. The predicted molar refractivity (Wildman–Crippen MR) is 70.7 cm³/mol. The zero-order valence-corrected chi connectivity index (χ0v) is 11.2. The average Bonchev–Trinajstić information content (AvgIpc) is 2.85. The maximum absolute atomic E-state index is 2.43. The summed E-state index contributed by atoms with van der Waals surface area (Å²) in [6.45, 7) is 7.12. The van der Waals surface area contributed by atoms with Crippen LogP contribution in [0.4, 0.5) is 0 Å². The number of hydrogen-bond donors (Lipinski definition) is 0. The standard InChI is InChI=1S/C14H20Si/c1-4-11-7-5-8-12(11)13-9-6-10-14(13)15(2)3/h6-8,10,15H,4-5,9H2,1-3H3. The maximum atomic E-state index is 2.43. The molecular weight excluding hydrogens is 196 g/mol. The second kappa shape index (κ2) is 4.36. The zero-order chi connectivity index (χ0) is 10.8. The van der Waals surface area contributed by atoms with Crippen molar-refractivity contribution in [2.24, 2.45) is 0 Å². The zero-order valence-electron chi connectivity index (χ0n) is 10.0. The number of hydrogen-bond acceptors (Lipinski definition) is 0. The SMILES string of the molecule is CCC1=CCC=C1C1=C([SiH](C)C)C=CC1. The van der Waals surface area contributed by atoms with E-state index in [1.54, 1.807) is 21.9 Å². The van der Waals surface area contributed by atoms with Crippen LogP contribution in [0.2, 0.25) is 13.1 Å². The Kier molecular flexibility index (Phi) is 3.10. The van der Waals surface area contributed by atoms with E-state index >= 15 is 0 Å². The van der Waals surface area contributed by atoms with E-state index < -0.39 is 8.80 Å². The molecule has 1 heteroatoms. The van der Waals surface area contributed by atoms with E-state index in [4.69, 9.17) is 0 Å². The molecule has 0 spiro atoms. The van der Waals surface area contributed by atoms with E-state index in [1.165, 1.54) is 12.8 Å². The Labute approximate surface area is 94.7 Å². The van der Waals surface area contributed by atoms with Crippen LogP contribution < -0.4 is 0 Å². The Morgan fingerprint density at radius 2 is 2.07 bits per heavy atom. The molecule has 0 saturated heterocycles. The first-order valence-electron chi connectivity index (χ1n) is 6.03. The van der Waals surface area contributed by atoms with Gasteiger partial charge in [0.25, 0.3) is 0 Å². The van der Waals surface area contributed by atoms with Crippen LogP contribution in [-0.2, 0) is 0 Å². The molecule has 0 aromatic carbocycles. The summed E-state index contributed by atoms with van der Waals surface area (Å²) in [4.78, 5) is 0. The molecule has 0 radical (unpaired) electrons. The highest BCUT2D eigenvalue weighted by Crippen LogP contribution is 2.35. The summed E-state index contributed by atoms with van der Waals surface area (Å²) in [6, 6.07) is 0. The van der Waals surface area contributed by atoms with Crippen LogP contribution in [0.25, 0.3) is 0 Å². The van der Waals surface area contributed by atoms with Gasteiger partial charge in [0, 0.05) is 0 Å². The first-order chi connectivity index (χ1) is 7.24. The van der Waals surface area contributed by atoms with Crippen molar-refractivity contribution in [1.29, 1.82) is 0 Å². The molecule has 0 nitrogen and oxygen atoms in total. The monoisotopic (exact) mass is 216 g/mol. The molecule has 2 rings (SSSR count). The summed E-state index contributed by atoms with van der Waals surface area (Å²) >= 11 is 0.